The molecule has 0 aromatic heterocycles. The second-order valence-electron chi connectivity index (χ2n) is 4.61. The zero-order chi connectivity index (χ0) is 14.7. The van der Waals surface area contributed by atoms with Crippen molar-refractivity contribution >= 4 is 17.3 Å². The fourth-order valence-corrected chi connectivity index (χ4v) is 1.91. The van der Waals surface area contributed by atoms with Gasteiger partial charge in [-0.3, -0.25) is 4.79 Å². The number of carbonyl (C=O) groups is 1. The highest BCUT2D eigenvalue weighted by Crippen LogP contribution is 2.20. The molecule has 0 radical (unpaired) electrons. The zero-order valence-corrected chi connectivity index (χ0v) is 11.4. The predicted molar refractivity (Wildman–Crippen MR) is 79.5 cm³/mol. The van der Waals surface area contributed by atoms with Crippen molar-refractivity contribution in [2.45, 2.75) is 6.92 Å². The average molecular weight is 265 g/mol. The van der Waals surface area contributed by atoms with Crippen molar-refractivity contribution in [1.82, 2.24) is 0 Å². The molecule has 2 aromatic carbocycles. The zero-order valence-electron chi connectivity index (χ0n) is 11.4. The van der Waals surface area contributed by atoms with Gasteiger partial charge in [-0.15, -0.1) is 0 Å². The first kappa shape index (κ1) is 13.6. The SMILES string of the molecule is Cc1ccc(N)c(C(=O)N(C)c2ccc(C#N)cc2)c1. The van der Waals surface area contributed by atoms with Gasteiger partial charge in [0, 0.05) is 18.4 Å². The molecule has 2 N–H and O–H groups in total. The third kappa shape index (κ3) is 2.62. The number of aryl methyl sites for hydroxylation is 1. The van der Waals surface area contributed by atoms with E-state index in [4.69, 9.17) is 11.0 Å². The van der Waals surface area contributed by atoms with Crippen LogP contribution in [0.25, 0.3) is 0 Å². The van der Waals surface area contributed by atoms with Crippen LogP contribution in [0.4, 0.5) is 11.4 Å². The lowest BCUT2D eigenvalue weighted by Gasteiger charge is -2.18. The lowest BCUT2D eigenvalue weighted by atomic mass is 10.1. The van der Waals surface area contributed by atoms with Crippen molar-refractivity contribution < 1.29 is 4.79 Å². The molecule has 4 heteroatoms. The summed E-state index contributed by atoms with van der Waals surface area (Å²) in [6.07, 6.45) is 0. The van der Waals surface area contributed by atoms with Crippen LogP contribution in [0.3, 0.4) is 0 Å². The van der Waals surface area contributed by atoms with Crippen molar-refractivity contribution in [2.24, 2.45) is 0 Å². The largest absolute Gasteiger partial charge is 0.398 e. The molecule has 0 unspecified atom stereocenters. The van der Waals surface area contributed by atoms with Crippen molar-refractivity contribution in [1.29, 1.82) is 5.26 Å². The number of amides is 1. The van der Waals surface area contributed by atoms with Crippen LogP contribution in [0.1, 0.15) is 21.5 Å². The van der Waals surface area contributed by atoms with E-state index >= 15 is 0 Å². The second-order valence-corrected chi connectivity index (χ2v) is 4.61. The first-order chi connectivity index (χ1) is 9.52. The number of rotatable bonds is 2. The molecular weight excluding hydrogens is 250 g/mol. The van der Waals surface area contributed by atoms with Crippen molar-refractivity contribution in [3.63, 3.8) is 0 Å². The van der Waals surface area contributed by atoms with Gasteiger partial charge in [0.2, 0.25) is 0 Å². The van der Waals surface area contributed by atoms with Crippen LogP contribution >= 0.6 is 0 Å². The number of nitrogens with two attached hydrogens (primary N) is 1. The predicted octanol–water partition coefficient (Wildman–Crippen LogP) is 2.73. The van der Waals surface area contributed by atoms with Crippen LogP contribution in [0.15, 0.2) is 42.5 Å². The lowest BCUT2D eigenvalue weighted by molar-refractivity contribution is 0.0994. The number of carbonyl (C=O) groups excluding carboxylic acids is 1. The molecule has 2 rings (SSSR count). The molecule has 0 saturated carbocycles. The van der Waals surface area contributed by atoms with Gasteiger partial charge in [-0.25, -0.2) is 0 Å². The summed E-state index contributed by atoms with van der Waals surface area (Å²) < 4.78 is 0. The summed E-state index contributed by atoms with van der Waals surface area (Å²) in [5, 5.41) is 8.77. The van der Waals surface area contributed by atoms with Crippen LogP contribution in [0, 0.1) is 18.3 Å². The van der Waals surface area contributed by atoms with Crippen molar-refractivity contribution in [3.05, 3.63) is 59.2 Å². The summed E-state index contributed by atoms with van der Waals surface area (Å²) in [7, 11) is 1.69. The molecule has 0 spiro atoms. The molecule has 0 atom stereocenters. The Morgan fingerprint density at radius 1 is 1.20 bits per heavy atom. The van der Waals surface area contributed by atoms with Gasteiger partial charge in [0.15, 0.2) is 0 Å². The smallest absolute Gasteiger partial charge is 0.260 e. The molecule has 0 aliphatic carbocycles. The summed E-state index contributed by atoms with van der Waals surface area (Å²) in [6.45, 7) is 1.91. The topological polar surface area (TPSA) is 70.1 Å². The Labute approximate surface area is 118 Å². The van der Waals surface area contributed by atoms with E-state index in [1.54, 1.807) is 43.4 Å². The standard InChI is InChI=1S/C16H15N3O/c1-11-3-8-15(18)14(9-11)16(20)19(2)13-6-4-12(10-17)5-7-13/h3-9H,18H2,1-2H3. The quantitative estimate of drug-likeness (QED) is 0.849. The maximum absolute atomic E-state index is 12.5. The van der Waals surface area contributed by atoms with Gasteiger partial charge in [-0.1, -0.05) is 11.6 Å². The van der Waals surface area contributed by atoms with Crippen molar-refractivity contribution in [2.75, 3.05) is 17.7 Å². The Balaban J connectivity index is 2.32. The molecule has 0 saturated heterocycles. The van der Waals surface area contributed by atoms with Gasteiger partial charge in [0.1, 0.15) is 0 Å². The van der Waals surface area contributed by atoms with E-state index in [0.717, 1.165) is 11.3 Å². The second kappa shape index (κ2) is 5.45. The van der Waals surface area contributed by atoms with E-state index in [-0.39, 0.29) is 5.91 Å². The molecule has 4 nitrogen and oxygen atoms in total. The van der Waals surface area contributed by atoms with Gasteiger partial charge in [0.25, 0.3) is 5.91 Å². The van der Waals surface area contributed by atoms with Crippen LogP contribution in [0.5, 0.6) is 0 Å². The average Bonchev–Trinajstić information content (AvgIpc) is 2.48. The number of nitrogens with zero attached hydrogens (tertiary/aromatic N) is 2. The molecule has 20 heavy (non-hydrogen) atoms. The van der Waals surface area contributed by atoms with Crippen LogP contribution in [-0.2, 0) is 0 Å². The van der Waals surface area contributed by atoms with E-state index < -0.39 is 0 Å². The molecular formula is C16H15N3O. The molecule has 0 bridgehead atoms. The Bertz CT molecular complexity index is 684. The lowest BCUT2D eigenvalue weighted by Crippen LogP contribution is -2.27. The highest BCUT2D eigenvalue weighted by molar-refractivity contribution is 6.09. The molecule has 0 aliphatic rings. The maximum atomic E-state index is 12.5. The maximum Gasteiger partial charge on any atom is 0.260 e. The third-order valence-corrected chi connectivity index (χ3v) is 3.13. The number of anilines is 2. The van der Waals surface area contributed by atoms with E-state index in [1.165, 1.54) is 4.90 Å². The Morgan fingerprint density at radius 2 is 1.85 bits per heavy atom. The number of hydrogen-bond donors (Lipinski definition) is 1. The van der Waals surface area contributed by atoms with Gasteiger partial charge in [-0.2, -0.15) is 5.26 Å². The molecule has 1 amide bonds. The van der Waals surface area contributed by atoms with Crippen LogP contribution in [0.2, 0.25) is 0 Å². The van der Waals surface area contributed by atoms with Gasteiger partial charge < -0.3 is 10.6 Å². The van der Waals surface area contributed by atoms with E-state index in [9.17, 15) is 4.79 Å². The van der Waals surface area contributed by atoms with E-state index in [1.807, 2.05) is 19.1 Å². The Hall–Kier alpha value is -2.80. The summed E-state index contributed by atoms with van der Waals surface area (Å²) >= 11 is 0. The summed E-state index contributed by atoms with van der Waals surface area (Å²) in [5.41, 5.74) is 9.06. The Kier molecular flexibility index (Phi) is 3.72. The first-order valence-corrected chi connectivity index (χ1v) is 6.17. The number of benzene rings is 2. The van der Waals surface area contributed by atoms with Crippen LogP contribution < -0.4 is 10.6 Å². The minimum absolute atomic E-state index is 0.170. The van der Waals surface area contributed by atoms with Crippen molar-refractivity contribution in [3.8, 4) is 6.07 Å². The summed E-state index contributed by atoms with van der Waals surface area (Å²) in [5.74, 6) is -0.170. The molecule has 0 fully saturated rings. The molecule has 0 aliphatic heterocycles. The highest BCUT2D eigenvalue weighted by Gasteiger charge is 2.16. The normalized spacial score (nSPS) is 9.85. The fourth-order valence-electron chi connectivity index (χ4n) is 1.91. The number of nitriles is 1. The summed E-state index contributed by atoms with van der Waals surface area (Å²) in [4.78, 5) is 14.0. The minimum Gasteiger partial charge on any atom is -0.398 e. The molecule has 2 aromatic rings. The monoisotopic (exact) mass is 265 g/mol. The Morgan fingerprint density at radius 3 is 2.45 bits per heavy atom. The summed E-state index contributed by atoms with van der Waals surface area (Å²) in [6, 6.07) is 14.3. The van der Waals surface area contributed by atoms with Crippen LogP contribution in [-0.4, -0.2) is 13.0 Å². The number of nitrogen functional groups attached to an aromatic ring is 1. The van der Waals surface area contributed by atoms with E-state index in [2.05, 4.69) is 0 Å². The highest BCUT2D eigenvalue weighted by atomic mass is 16.2. The minimum atomic E-state index is -0.170. The van der Waals surface area contributed by atoms with E-state index in [0.29, 0.717) is 16.8 Å². The third-order valence-electron chi connectivity index (χ3n) is 3.13. The van der Waals surface area contributed by atoms with Gasteiger partial charge in [-0.05, 0) is 43.3 Å². The van der Waals surface area contributed by atoms with Gasteiger partial charge in [0.05, 0.1) is 17.2 Å². The number of hydrogen-bond acceptors (Lipinski definition) is 3. The van der Waals surface area contributed by atoms with Gasteiger partial charge >= 0.3 is 0 Å². The molecule has 100 valence electrons. The fraction of sp³-hybridized carbons (Fsp3) is 0.125. The molecule has 0 heterocycles. The first-order valence-electron chi connectivity index (χ1n) is 6.17.